The Hall–Kier alpha value is -2.42. The van der Waals surface area contributed by atoms with Gasteiger partial charge in [-0.05, 0) is 36.8 Å². The highest BCUT2D eigenvalue weighted by Crippen LogP contribution is 2.20. The first-order valence-corrected chi connectivity index (χ1v) is 10.0. The quantitative estimate of drug-likeness (QED) is 0.820. The van der Waals surface area contributed by atoms with Crippen LogP contribution in [-0.2, 0) is 21.5 Å². The van der Waals surface area contributed by atoms with Gasteiger partial charge in [-0.25, -0.2) is 0 Å². The summed E-state index contributed by atoms with van der Waals surface area (Å²) in [6.07, 6.45) is 0. The van der Waals surface area contributed by atoms with Crippen molar-refractivity contribution in [3.63, 3.8) is 0 Å². The van der Waals surface area contributed by atoms with Gasteiger partial charge in [0.15, 0.2) is 0 Å². The molecule has 1 amide bonds. The van der Waals surface area contributed by atoms with Crippen LogP contribution in [0.3, 0.4) is 0 Å². The fourth-order valence-electron chi connectivity index (χ4n) is 2.99. The highest BCUT2D eigenvalue weighted by Gasteiger charge is 2.37. The number of nitrogens with zero attached hydrogens (tertiary/aromatic N) is 2. The van der Waals surface area contributed by atoms with E-state index in [0.29, 0.717) is 31.1 Å². The van der Waals surface area contributed by atoms with Gasteiger partial charge in [0.05, 0.1) is 13.7 Å². The molecule has 1 aliphatic heterocycles. The maximum Gasteiger partial charge on any atom is 0.282 e. The SMILES string of the molecule is COc1ccc(NC(=O)CN2CCN(Cc3cccc(C)c3)S2(=O)=O)cc1. The highest BCUT2D eigenvalue weighted by molar-refractivity contribution is 7.87. The normalized spacial score (nSPS) is 17.0. The zero-order valence-corrected chi connectivity index (χ0v) is 16.2. The third kappa shape index (κ3) is 4.65. The van der Waals surface area contributed by atoms with Crippen LogP contribution < -0.4 is 10.1 Å². The van der Waals surface area contributed by atoms with E-state index in [0.717, 1.165) is 11.1 Å². The van der Waals surface area contributed by atoms with Crippen LogP contribution in [-0.4, -0.2) is 49.7 Å². The number of ether oxygens (including phenoxy) is 1. The fourth-order valence-corrected chi connectivity index (χ4v) is 4.53. The predicted octanol–water partition coefficient (Wildman–Crippen LogP) is 2.00. The minimum atomic E-state index is -3.65. The van der Waals surface area contributed by atoms with Gasteiger partial charge in [0.25, 0.3) is 10.2 Å². The molecule has 8 heteroatoms. The first kappa shape index (κ1) is 19.3. The number of carbonyl (C=O) groups is 1. The predicted molar refractivity (Wildman–Crippen MR) is 104 cm³/mol. The molecule has 0 saturated carbocycles. The third-order valence-corrected chi connectivity index (χ3v) is 6.32. The van der Waals surface area contributed by atoms with E-state index >= 15 is 0 Å². The molecule has 1 heterocycles. The van der Waals surface area contributed by atoms with E-state index in [2.05, 4.69) is 5.32 Å². The Morgan fingerprint density at radius 3 is 2.48 bits per heavy atom. The van der Waals surface area contributed by atoms with E-state index in [1.54, 1.807) is 31.4 Å². The van der Waals surface area contributed by atoms with Crippen molar-refractivity contribution in [3.8, 4) is 5.75 Å². The van der Waals surface area contributed by atoms with E-state index in [1.807, 2.05) is 31.2 Å². The maximum absolute atomic E-state index is 12.7. The lowest BCUT2D eigenvalue weighted by Crippen LogP contribution is -2.37. The molecule has 1 fully saturated rings. The van der Waals surface area contributed by atoms with E-state index in [9.17, 15) is 13.2 Å². The molecular formula is C19H23N3O4S. The molecule has 1 saturated heterocycles. The molecule has 144 valence electrons. The Balaban J connectivity index is 1.61. The second kappa shape index (κ2) is 8.08. The Bertz CT molecular complexity index is 913. The minimum absolute atomic E-state index is 0.210. The Labute approximate surface area is 159 Å². The molecule has 0 aromatic heterocycles. The van der Waals surface area contributed by atoms with Crippen LogP contribution in [0.5, 0.6) is 5.75 Å². The fraction of sp³-hybridized carbons (Fsp3) is 0.316. The zero-order valence-electron chi connectivity index (χ0n) is 15.4. The van der Waals surface area contributed by atoms with Crippen LogP contribution in [0.25, 0.3) is 0 Å². The second-order valence-electron chi connectivity index (χ2n) is 6.44. The average molecular weight is 389 g/mol. The molecule has 0 atom stereocenters. The number of amides is 1. The molecule has 0 spiro atoms. The van der Waals surface area contributed by atoms with E-state index < -0.39 is 10.2 Å². The van der Waals surface area contributed by atoms with Gasteiger partial charge in [0.2, 0.25) is 5.91 Å². The first-order chi connectivity index (χ1) is 12.9. The monoisotopic (exact) mass is 389 g/mol. The molecule has 2 aromatic rings. The largest absolute Gasteiger partial charge is 0.497 e. The summed E-state index contributed by atoms with van der Waals surface area (Å²) in [6, 6.07) is 14.6. The summed E-state index contributed by atoms with van der Waals surface area (Å²) in [7, 11) is -2.09. The molecule has 1 N–H and O–H groups in total. The number of methoxy groups -OCH3 is 1. The summed E-state index contributed by atoms with van der Waals surface area (Å²) >= 11 is 0. The van der Waals surface area contributed by atoms with Gasteiger partial charge in [-0.3, -0.25) is 4.79 Å². The topological polar surface area (TPSA) is 79.0 Å². The number of aryl methyl sites for hydroxylation is 1. The lowest BCUT2D eigenvalue weighted by Gasteiger charge is -2.18. The van der Waals surface area contributed by atoms with Crippen molar-refractivity contribution < 1.29 is 17.9 Å². The summed E-state index contributed by atoms with van der Waals surface area (Å²) in [6.45, 7) is 2.73. The average Bonchev–Trinajstić information content (AvgIpc) is 2.90. The van der Waals surface area contributed by atoms with Crippen molar-refractivity contribution in [2.75, 3.05) is 32.1 Å². The molecule has 0 unspecified atom stereocenters. The molecule has 7 nitrogen and oxygen atoms in total. The standard InChI is InChI=1S/C19H23N3O4S/c1-15-4-3-5-16(12-15)13-21-10-11-22(27(21,24)25)14-19(23)20-17-6-8-18(26-2)9-7-17/h3-9,12H,10-11,13-14H2,1-2H3,(H,20,23). The van der Waals surface area contributed by atoms with Gasteiger partial charge in [0, 0.05) is 25.3 Å². The Morgan fingerprint density at radius 1 is 1.11 bits per heavy atom. The summed E-state index contributed by atoms with van der Waals surface area (Å²) in [5.41, 5.74) is 2.61. The van der Waals surface area contributed by atoms with Crippen molar-refractivity contribution in [2.24, 2.45) is 0 Å². The molecule has 2 aromatic carbocycles. The van der Waals surface area contributed by atoms with Gasteiger partial charge in [-0.1, -0.05) is 29.8 Å². The summed E-state index contributed by atoms with van der Waals surface area (Å²) in [5, 5.41) is 2.71. The third-order valence-electron chi connectivity index (χ3n) is 4.39. The van der Waals surface area contributed by atoms with Crippen LogP contribution in [0.1, 0.15) is 11.1 Å². The van der Waals surface area contributed by atoms with Gasteiger partial charge in [-0.15, -0.1) is 0 Å². The minimum Gasteiger partial charge on any atom is -0.497 e. The van der Waals surface area contributed by atoms with Crippen molar-refractivity contribution in [3.05, 3.63) is 59.7 Å². The molecule has 27 heavy (non-hydrogen) atoms. The lowest BCUT2D eigenvalue weighted by molar-refractivity contribution is -0.116. The number of rotatable bonds is 6. The van der Waals surface area contributed by atoms with Crippen molar-refractivity contribution in [1.29, 1.82) is 0 Å². The van der Waals surface area contributed by atoms with Gasteiger partial charge in [-0.2, -0.15) is 17.0 Å². The molecule has 0 radical (unpaired) electrons. The van der Waals surface area contributed by atoms with E-state index in [-0.39, 0.29) is 12.5 Å². The maximum atomic E-state index is 12.7. The number of hydrogen-bond donors (Lipinski definition) is 1. The molecular weight excluding hydrogens is 366 g/mol. The van der Waals surface area contributed by atoms with Crippen LogP contribution in [0.2, 0.25) is 0 Å². The number of nitrogens with one attached hydrogen (secondary N) is 1. The molecule has 0 aliphatic carbocycles. The molecule has 1 aliphatic rings. The second-order valence-corrected chi connectivity index (χ2v) is 8.37. The number of hydrogen-bond acceptors (Lipinski definition) is 4. The van der Waals surface area contributed by atoms with Crippen LogP contribution >= 0.6 is 0 Å². The van der Waals surface area contributed by atoms with Crippen LogP contribution in [0.4, 0.5) is 5.69 Å². The van der Waals surface area contributed by atoms with E-state index in [1.165, 1.54) is 8.61 Å². The molecule has 0 bridgehead atoms. The van der Waals surface area contributed by atoms with Crippen molar-refractivity contribution >= 4 is 21.8 Å². The highest BCUT2D eigenvalue weighted by atomic mass is 32.2. The number of carbonyl (C=O) groups excluding carboxylic acids is 1. The summed E-state index contributed by atoms with van der Waals surface area (Å²) in [5.74, 6) is 0.308. The van der Waals surface area contributed by atoms with E-state index in [4.69, 9.17) is 4.74 Å². The van der Waals surface area contributed by atoms with Crippen LogP contribution in [0, 0.1) is 6.92 Å². The smallest absolute Gasteiger partial charge is 0.282 e. The van der Waals surface area contributed by atoms with Gasteiger partial charge < -0.3 is 10.1 Å². The zero-order chi connectivity index (χ0) is 19.4. The number of benzene rings is 2. The van der Waals surface area contributed by atoms with Crippen LogP contribution in [0.15, 0.2) is 48.5 Å². The lowest BCUT2D eigenvalue weighted by atomic mass is 10.1. The Morgan fingerprint density at radius 2 is 1.81 bits per heavy atom. The van der Waals surface area contributed by atoms with Crippen molar-refractivity contribution in [1.82, 2.24) is 8.61 Å². The number of anilines is 1. The van der Waals surface area contributed by atoms with Crippen molar-refractivity contribution in [2.45, 2.75) is 13.5 Å². The van der Waals surface area contributed by atoms with Gasteiger partial charge >= 0.3 is 0 Å². The Kier molecular flexibility index (Phi) is 5.79. The first-order valence-electron chi connectivity index (χ1n) is 8.63. The summed E-state index contributed by atoms with van der Waals surface area (Å²) < 4.78 is 33.1. The van der Waals surface area contributed by atoms with Gasteiger partial charge in [0.1, 0.15) is 5.75 Å². The summed E-state index contributed by atoms with van der Waals surface area (Å²) in [4.78, 5) is 12.3. The molecule has 3 rings (SSSR count).